The molecule has 0 bridgehead atoms. The third-order valence-electron chi connectivity index (χ3n) is 4.89. The minimum absolute atomic E-state index is 0.242. The van der Waals surface area contributed by atoms with Crippen LogP contribution in [-0.4, -0.2) is 48.0 Å². The molecule has 0 atom stereocenters. The average molecular weight is 431 g/mol. The monoisotopic (exact) mass is 431 g/mol. The number of morpholine rings is 1. The van der Waals surface area contributed by atoms with E-state index in [1.165, 1.54) is 11.3 Å². The van der Waals surface area contributed by atoms with E-state index in [1.807, 2.05) is 19.9 Å². The van der Waals surface area contributed by atoms with Crippen molar-refractivity contribution in [2.24, 2.45) is 0 Å². The standard InChI is InChI=1S/C21H19F2N3O3S/c1-11-9-12(2)24-20-16(11)17(18(30-20)21(28)26-5-7-29-8-6-26)25-19(27)14-4-3-13(22)10-15(14)23/h3-4,9-10H,5-8H2,1-2H3,(H,25,27). The molecule has 1 N–H and O–H groups in total. The highest BCUT2D eigenvalue weighted by molar-refractivity contribution is 7.21. The summed E-state index contributed by atoms with van der Waals surface area (Å²) in [5, 5.41) is 3.32. The summed E-state index contributed by atoms with van der Waals surface area (Å²) in [5.74, 6) is -2.75. The highest BCUT2D eigenvalue weighted by Gasteiger charge is 2.28. The molecule has 1 aliphatic rings. The van der Waals surface area contributed by atoms with Crippen molar-refractivity contribution in [3.05, 3.63) is 57.6 Å². The smallest absolute Gasteiger partial charge is 0.266 e. The molecular formula is C21H19F2N3O3S. The van der Waals surface area contributed by atoms with Crippen LogP contribution in [0.3, 0.4) is 0 Å². The van der Waals surface area contributed by atoms with Crippen molar-refractivity contribution in [3.63, 3.8) is 0 Å². The number of carbonyl (C=O) groups is 2. The Morgan fingerprint density at radius 3 is 2.60 bits per heavy atom. The Morgan fingerprint density at radius 2 is 1.90 bits per heavy atom. The molecule has 2 amide bonds. The van der Waals surface area contributed by atoms with Crippen LogP contribution < -0.4 is 5.32 Å². The van der Waals surface area contributed by atoms with E-state index in [0.29, 0.717) is 53.2 Å². The van der Waals surface area contributed by atoms with E-state index in [-0.39, 0.29) is 11.5 Å². The quantitative estimate of drug-likeness (QED) is 0.683. The molecule has 4 rings (SSSR count). The van der Waals surface area contributed by atoms with E-state index >= 15 is 0 Å². The van der Waals surface area contributed by atoms with Gasteiger partial charge in [-0.15, -0.1) is 11.3 Å². The summed E-state index contributed by atoms with van der Waals surface area (Å²) in [5.41, 5.74) is 1.61. The normalized spacial score (nSPS) is 14.2. The molecule has 0 radical (unpaired) electrons. The van der Waals surface area contributed by atoms with Crippen molar-refractivity contribution in [2.45, 2.75) is 13.8 Å². The van der Waals surface area contributed by atoms with Gasteiger partial charge in [-0.1, -0.05) is 0 Å². The molecule has 1 aromatic carbocycles. The number of carbonyl (C=O) groups excluding carboxylic acids is 2. The van der Waals surface area contributed by atoms with Crippen LogP contribution in [0.1, 0.15) is 31.3 Å². The van der Waals surface area contributed by atoms with Gasteiger partial charge in [-0.3, -0.25) is 9.59 Å². The third-order valence-corrected chi connectivity index (χ3v) is 5.97. The average Bonchev–Trinajstić information content (AvgIpc) is 3.06. The lowest BCUT2D eigenvalue weighted by atomic mass is 10.1. The molecule has 0 aliphatic carbocycles. The van der Waals surface area contributed by atoms with Gasteiger partial charge in [0.25, 0.3) is 11.8 Å². The van der Waals surface area contributed by atoms with E-state index in [2.05, 4.69) is 10.3 Å². The van der Waals surface area contributed by atoms with Gasteiger partial charge < -0.3 is 15.0 Å². The fourth-order valence-electron chi connectivity index (χ4n) is 3.48. The number of ether oxygens (including phenoxy) is 1. The molecule has 3 aromatic rings. The number of hydrogen-bond donors (Lipinski definition) is 1. The van der Waals surface area contributed by atoms with E-state index in [9.17, 15) is 18.4 Å². The predicted molar refractivity (Wildman–Crippen MR) is 110 cm³/mol. The second kappa shape index (κ2) is 8.08. The van der Waals surface area contributed by atoms with Crippen LogP contribution >= 0.6 is 11.3 Å². The summed E-state index contributed by atoms with van der Waals surface area (Å²) in [6.07, 6.45) is 0. The van der Waals surface area contributed by atoms with Crippen molar-refractivity contribution in [1.29, 1.82) is 0 Å². The fourth-order valence-corrected chi connectivity index (χ4v) is 4.70. The molecule has 1 fully saturated rings. The maximum atomic E-state index is 14.1. The van der Waals surface area contributed by atoms with Crippen LogP contribution in [0.5, 0.6) is 0 Å². The lowest BCUT2D eigenvalue weighted by Crippen LogP contribution is -2.40. The Labute approximate surface area is 175 Å². The van der Waals surface area contributed by atoms with E-state index in [0.717, 1.165) is 23.4 Å². The van der Waals surface area contributed by atoms with Crippen molar-refractivity contribution in [1.82, 2.24) is 9.88 Å². The van der Waals surface area contributed by atoms with Crippen LogP contribution in [0.25, 0.3) is 10.2 Å². The molecule has 0 saturated carbocycles. The largest absolute Gasteiger partial charge is 0.378 e. The second-order valence-corrected chi connectivity index (χ2v) is 8.05. The maximum Gasteiger partial charge on any atom is 0.266 e. The highest BCUT2D eigenvalue weighted by atomic mass is 32.1. The lowest BCUT2D eigenvalue weighted by Gasteiger charge is -2.26. The number of fused-ring (bicyclic) bond motifs is 1. The zero-order valence-electron chi connectivity index (χ0n) is 16.4. The minimum Gasteiger partial charge on any atom is -0.378 e. The molecule has 2 aromatic heterocycles. The first-order valence-corrected chi connectivity index (χ1v) is 10.2. The summed E-state index contributed by atoms with van der Waals surface area (Å²) in [6.45, 7) is 5.48. The Balaban J connectivity index is 1.79. The van der Waals surface area contributed by atoms with Crippen molar-refractivity contribution in [2.75, 3.05) is 31.6 Å². The number of benzene rings is 1. The molecule has 1 aliphatic heterocycles. The number of hydrogen-bond acceptors (Lipinski definition) is 5. The van der Waals surface area contributed by atoms with Crippen molar-refractivity contribution >= 4 is 39.1 Å². The minimum atomic E-state index is -0.973. The van der Waals surface area contributed by atoms with Crippen molar-refractivity contribution in [3.8, 4) is 0 Å². The zero-order valence-corrected chi connectivity index (χ0v) is 17.2. The first-order valence-electron chi connectivity index (χ1n) is 9.39. The van der Waals surface area contributed by atoms with Crippen molar-refractivity contribution < 1.29 is 23.1 Å². The number of amides is 2. The number of nitrogens with one attached hydrogen (secondary N) is 1. The van der Waals surface area contributed by atoms with Crippen LogP contribution in [0.2, 0.25) is 0 Å². The second-order valence-electron chi connectivity index (χ2n) is 7.05. The van der Waals surface area contributed by atoms with Gasteiger partial charge in [-0.25, -0.2) is 13.8 Å². The van der Waals surface area contributed by atoms with Gasteiger partial charge in [-0.2, -0.15) is 0 Å². The number of aryl methyl sites for hydroxylation is 2. The van der Waals surface area contributed by atoms with E-state index in [4.69, 9.17) is 4.74 Å². The highest BCUT2D eigenvalue weighted by Crippen LogP contribution is 2.38. The first-order chi connectivity index (χ1) is 14.3. The number of rotatable bonds is 3. The zero-order chi connectivity index (χ0) is 21.4. The van der Waals surface area contributed by atoms with Gasteiger partial charge >= 0.3 is 0 Å². The SMILES string of the molecule is Cc1cc(C)c2c(NC(=O)c3ccc(F)cc3F)c(C(=O)N3CCOCC3)sc2n1. The molecule has 30 heavy (non-hydrogen) atoms. The Kier molecular flexibility index (Phi) is 5.48. The summed E-state index contributed by atoms with van der Waals surface area (Å²) in [4.78, 5) is 33.1. The van der Waals surface area contributed by atoms with Crippen LogP contribution in [0, 0.1) is 25.5 Å². The molecular weight excluding hydrogens is 412 g/mol. The van der Waals surface area contributed by atoms with Gasteiger partial charge in [0.2, 0.25) is 0 Å². The lowest BCUT2D eigenvalue weighted by molar-refractivity contribution is 0.0307. The van der Waals surface area contributed by atoms with E-state index in [1.54, 1.807) is 4.90 Å². The van der Waals surface area contributed by atoms with Gasteiger partial charge in [0.05, 0.1) is 24.5 Å². The number of pyridine rings is 1. The number of anilines is 1. The number of aromatic nitrogens is 1. The van der Waals surface area contributed by atoms with Crippen LogP contribution in [-0.2, 0) is 4.74 Å². The molecule has 3 heterocycles. The van der Waals surface area contributed by atoms with Crippen LogP contribution in [0.4, 0.5) is 14.5 Å². The molecule has 0 unspecified atom stereocenters. The topological polar surface area (TPSA) is 71.5 Å². The molecule has 0 spiro atoms. The number of nitrogens with zero attached hydrogens (tertiary/aromatic N) is 2. The predicted octanol–water partition coefficient (Wildman–Crippen LogP) is 3.92. The molecule has 6 nitrogen and oxygen atoms in total. The number of thiophene rings is 1. The summed E-state index contributed by atoms with van der Waals surface area (Å²) >= 11 is 1.19. The molecule has 9 heteroatoms. The van der Waals surface area contributed by atoms with Gasteiger partial charge in [0.1, 0.15) is 21.3 Å². The molecule has 156 valence electrons. The van der Waals surface area contributed by atoms with Gasteiger partial charge in [0.15, 0.2) is 0 Å². The Hall–Kier alpha value is -2.91. The Bertz CT molecular complexity index is 1160. The Morgan fingerprint density at radius 1 is 1.17 bits per heavy atom. The van der Waals surface area contributed by atoms with E-state index < -0.39 is 17.5 Å². The third kappa shape index (κ3) is 3.78. The summed E-state index contributed by atoms with van der Waals surface area (Å²) in [6, 6.07) is 4.59. The molecule has 1 saturated heterocycles. The maximum absolute atomic E-state index is 14.1. The fraction of sp³-hybridized carbons (Fsp3) is 0.286. The number of halogens is 2. The van der Waals surface area contributed by atoms with Gasteiger partial charge in [0, 0.05) is 30.2 Å². The van der Waals surface area contributed by atoms with Crippen LogP contribution in [0.15, 0.2) is 24.3 Å². The summed E-state index contributed by atoms with van der Waals surface area (Å²) in [7, 11) is 0. The van der Waals surface area contributed by atoms with Gasteiger partial charge in [-0.05, 0) is 37.6 Å². The first kappa shape index (κ1) is 20.4. The summed E-state index contributed by atoms with van der Waals surface area (Å²) < 4.78 is 32.7.